The molecule has 0 radical (unpaired) electrons. The normalized spacial score (nSPS) is 12.4. The molecule has 4 amide bonds. The molecule has 0 saturated heterocycles. The molecule has 53 heteroatoms. The standard InChI is InChI=1S/C24H18F2N6O4S.C22H20F2N6O4S.C22H22F2N6O4S.C21H20F2N6O5S/c1-31-14-19(29-23(33)18-13-28-32-11-5-10-27-22(18)32)21(30-31)17-12-16(8-9-20(17)36-24(25)26)37(34,35)15-6-3-2-4-7-15;1-29-12-17(27-21(31)16-11-26-30-9-3-8-25-20(16)30)19(28-29)15-10-14(6-7-18(15)34-22(23)24)35(32,33)13-4-2-5-13;1-13(2)12-35(32,33)14-5-6-18(34-22(23)24)15(9-14)19-17(11-29(3)28-19)27-21(31)16-10-26-30-8-4-7-25-20(16)30;1-28-12-16(26-20(30)15-11-25-29-7-3-6-24-19(15)29)18(27-28)14-10-13(35(31,32)9-8-33-2)4-5-17(14)34-21(22)23/h2-14,24H,1H3,(H,29,33);3,6-13,22H,2,4-5H2,1H3,(H,27,31);4-11,13,22H,12H2,1-3H3,(H,27,31);3-7,10-12,21H,8-9H2,1-2H3,(H,26,30). The highest BCUT2D eigenvalue weighted by atomic mass is 32.2. The van der Waals surface area contributed by atoms with Crippen LogP contribution in [-0.4, -0.2) is 212 Å². The number of nitrogens with zero attached hydrogens (tertiary/aromatic N) is 20. The maximum Gasteiger partial charge on any atom is 0.387 e. The van der Waals surface area contributed by atoms with Gasteiger partial charge in [0.25, 0.3) is 23.6 Å². The van der Waals surface area contributed by atoms with E-state index in [1.807, 2.05) is 0 Å². The van der Waals surface area contributed by atoms with Gasteiger partial charge in [-0.15, -0.1) is 0 Å². The van der Waals surface area contributed by atoms with Crippen molar-refractivity contribution >= 4 is 108 Å². The number of ether oxygens (including phenoxy) is 5. The van der Waals surface area contributed by atoms with Crippen LogP contribution in [0.2, 0.25) is 0 Å². The molecule has 41 nitrogen and oxygen atoms in total. The number of aromatic nitrogens is 20. The molecular weight excluding hydrogens is 1960 g/mol. The van der Waals surface area contributed by atoms with Gasteiger partial charge in [-0.2, -0.15) is 75.9 Å². The quantitative estimate of drug-likeness (QED) is 0.0293. The van der Waals surface area contributed by atoms with Gasteiger partial charge in [0.2, 0.25) is 9.84 Å². The number of alkyl halides is 8. The number of methoxy groups -OCH3 is 1. The monoisotopic (exact) mass is 2040 g/mol. The number of hydrogen-bond donors (Lipinski definition) is 4. The molecule has 0 spiro atoms. The number of aryl methyl sites for hydroxylation is 4. The van der Waals surface area contributed by atoms with Crippen molar-refractivity contribution in [3.8, 4) is 68.0 Å². The van der Waals surface area contributed by atoms with Crippen molar-refractivity contribution in [2.24, 2.45) is 34.1 Å². The molecule has 1 saturated carbocycles. The lowest BCUT2D eigenvalue weighted by molar-refractivity contribution is -0.0501. The Kier molecular flexibility index (Phi) is 29.7. The van der Waals surface area contributed by atoms with Gasteiger partial charge in [0.1, 0.15) is 68.0 Å². The van der Waals surface area contributed by atoms with Crippen LogP contribution in [0, 0.1) is 5.92 Å². The average molecular weight is 2040 g/mol. The first kappa shape index (κ1) is 100. The molecule has 12 aromatic heterocycles. The Morgan fingerprint density at radius 1 is 0.387 bits per heavy atom. The summed E-state index contributed by atoms with van der Waals surface area (Å²) in [4.78, 5) is 68.3. The third-order valence-electron chi connectivity index (χ3n) is 21.1. The van der Waals surface area contributed by atoms with E-state index in [0.717, 1.165) is 30.7 Å². The van der Waals surface area contributed by atoms with Gasteiger partial charge in [0, 0.05) is 132 Å². The Labute approximate surface area is 799 Å². The molecule has 738 valence electrons. The lowest BCUT2D eigenvalue weighted by atomic mass is 10.00. The second-order valence-corrected chi connectivity index (χ2v) is 39.7. The number of hydrogen-bond acceptors (Lipinski definition) is 29. The predicted molar refractivity (Wildman–Crippen MR) is 492 cm³/mol. The Morgan fingerprint density at radius 3 is 0.979 bits per heavy atom. The summed E-state index contributed by atoms with van der Waals surface area (Å²) in [5.41, 5.74) is 2.66. The Morgan fingerprint density at radius 2 is 0.683 bits per heavy atom. The van der Waals surface area contributed by atoms with Crippen molar-refractivity contribution in [2.45, 2.75) is 89.3 Å². The van der Waals surface area contributed by atoms with Gasteiger partial charge in [0.05, 0.1) is 95.4 Å². The van der Waals surface area contributed by atoms with Crippen LogP contribution in [0.15, 0.2) is 251 Å². The smallest absolute Gasteiger partial charge is 0.387 e. The molecule has 12 heterocycles. The molecule has 1 aliphatic rings. The van der Waals surface area contributed by atoms with Crippen LogP contribution >= 0.6 is 0 Å². The van der Waals surface area contributed by atoms with E-state index in [9.17, 15) is 88.0 Å². The van der Waals surface area contributed by atoms with Crippen LogP contribution in [0.3, 0.4) is 0 Å². The van der Waals surface area contributed by atoms with Crippen LogP contribution in [0.4, 0.5) is 57.9 Å². The van der Waals surface area contributed by atoms with E-state index in [0.29, 0.717) is 35.4 Å². The minimum Gasteiger partial charge on any atom is -0.434 e. The van der Waals surface area contributed by atoms with Gasteiger partial charge in [-0.1, -0.05) is 38.5 Å². The van der Waals surface area contributed by atoms with E-state index in [1.54, 1.807) is 109 Å². The average Bonchev–Trinajstić information content (AvgIpc) is 1.71. The van der Waals surface area contributed by atoms with Crippen LogP contribution in [-0.2, 0) is 72.3 Å². The van der Waals surface area contributed by atoms with Crippen molar-refractivity contribution in [3.05, 3.63) is 249 Å². The highest BCUT2D eigenvalue weighted by Crippen LogP contribution is 2.44. The van der Waals surface area contributed by atoms with E-state index in [2.05, 4.69) is 101 Å². The molecule has 0 aliphatic heterocycles. The van der Waals surface area contributed by atoms with E-state index in [4.69, 9.17) is 4.74 Å². The molecule has 5 aromatic carbocycles. The Bertz CT molecular complexity index is 8090. The lowest BCUT2D eigenvalue weighted by Crippen LogP contribution is -2.28. The molecule has 142 heavy (non-hydrogen) atoms. The van der Waals surface area contributed by atoms with Gasteiger partial charge in [-0.05, 0) is 128 Å². The van der Waals surface area contributed by atoms with E-state index in [1.165, 1.54) is 179 Å². The molecule has 1 aliphatic carbocycles. The van der Waals surface area contributed by atoms with Crippen molar-refractivity contribution in [1.29, 1.82) is 0 Å². The summed E-state index contributed by atoms with van der Waals surface area (Å²) < 4.78 is 243. The summed E-state index contributed by atoms with van der Waals surface area (Å²) in [6.07, 6.45) is 25.7. The van der Waals surface area contributed by atoms with Gasteiger partial charge in [-0.3, -0.25) is 37.9 Å². The zero-order valence-corrected chi connectivity index (χ0v) is 78.4. The second kappa shape index (κ2) is 42.2. The molecule has 0 unspecified atom stereocenters. The zero-order valence-electron chi connectivity index (χ0n) is 75.1. The number of sulfone groups is 4. The van der Waals surface area contributed by atoms with Crippen LogP contribution in [0.5, 0.6) is 23.0 Å². The van der Waals surface area contributed by atoms with E-state index >= 15 is 0 Å². The number of carbonyl (C=O) groups is 4. The number of benzene rings is 5. The summed E-state index contributed by atoms with van der Waals surface area (Å²) in [5.74, 6) is -4.03. The molecular formula is C89H80F8N24O17S4. The van der Waals surface area contributed by atoms with Crippen molar-refractivity contribution < 1.29 is 112 Å². The zero-order chi connectivity index (χ0) is 101. The fourth-order valence-electron chi connectivity index (χ4n) is 14.6. The molecule has 1 fully saturated rings. The third-order valence-corrected chi connectivity index (χ3v) is 28.9. The number of amides is 4. The summed E-state index contributed by atoms with van der Waals surface area (Å²) in [6.45, 7) is -9.18. The van der Waals surface area contributed by atoms with Crippen LogP contribution in [0.1, 0.15) is 74.5 Å². The van der Waals surface area contributed by atoms with Crippen molar-refractivity contribution in [2.75, 3.05) is 46.5 Å². The number of halogens is 8. The van der Waals surface area contributed by atoms with Crippen LogP contribution in [0.25, 0.3) is 67.6 Å². The lowest BCUT2D eigenvalue weighted by Gasteiger charge is -2.25. The maximum atomic E-state index is 13.2. The van der Waals surface area contributed by atoms with Crippen molar-refractivity contribution in [3.63, 3.8) is 0 Å². The minimum absolute atomic E-state index is 0.0102. The minimum atomic E-state index is -3.99. The summed E-state index contributed by atoms with van der Waals surface area (Å²) in [7, 11) is -7.50. The number of carbonyl (C=O) groups excluding carboxylic acids is 4. The van der Waals surface area contributed by atoms with Crippen LogP contribution < -0.4 is 40.2 Å². The molecule has 0 bridgehead atoms. The maximum absolute atomic E-state index is 13.2. The van der Waals surface area contributed by atoms with Crippen molar-refractivity contribution in [1.82, 2.24) is 97.5 Å². The topological polar surface area (TPSA) is 491 Å². The predicted octanol–water partition coefficient (Wildman–Crippen LogP) is 12.9. The third kappa shape index (κ3) is 22.5. The molecule has 18 rings (SSSR count). The highest BCUT2D eigenvalue weighted by Gasteiger charge is 2.36. The summed E-state index contributed by atoms with van der Waals surface area (Å²) >= 11 is 0. The second-order valence-electron chi connectivity index (χ2n) is 31.4. The molecule has 0 atom stereocenters. The SMILES string of the molecule is CC(C)CS(=O)(=O)c1ccc(OC(F)F)c(-c2nn(C)cc2NC(=O)c2cnn3cccnc23)c1.COCCS(=O)(=O)c1ccc(OC(F)F)c(-c2nn(C)cc2NC(=O)c2cnn3cccnc23)c1.Cn1cc(NC(=O)c2cnn3cccnc23)c(-c2cc(S(=O)(=O)C3CCC3)ccc2OC(F)F)n1.Cn1cc(NC(=O)c2cnn3cccnc23)c(-c2cc(S(=O)(=O)c3ccccc3)ccc2OC(F)F)n1. The van der Waals surface area contributed by atoms with Gasteiger partial charge in [0.15, 0.2) is 52.1 Å². The van der Waals surface area contributed by atoms with Gasteiger partial charge in [-0.25, -0.2) is 71.7 Å². The Hall–Kier alpha value is -16.3. The first-order valence-electron chi connectivity index (χ1n) is 42.1. The van der Waals surface area contributed by atoms with Gasteiger partial charge < -0.3 is 45.0 Å². The number of nitrogens with one attached hydrogen (secondary N) is 4. The van der Waals surface area contributed by atoms with E-state index < -0.39 is 94.7 Å². The molecule has 17 aromatic rings. The number of rotatable bonds is 31. The first-order chi connectivity index (χ1) is 67.7. The first-order valence-corrected chi connectivity index (χ1v) is 48.4. The largest absolute Gasteiger partial charge is 0.434 e. The van der Waals surface area contributed by atoms with Gasteiger partial charge >= 0.3 is 26.4 Å². The summed E-state index contributed by atoms with van der Waals surface area (Å²) in [6, 6.07) is 28.6. The number of anilines is 4. The molecule has 4 N–H and O–H groups in total. The summed E-state index contributed by atoms with van der Waals surface area (Å²) in [5, 5.41) is 43.7. The number of fused-ring (bicyclic) bond motifs is 4. The van der Waals surface area contributed by atoms with E-state index in [-0.39, 0.29) is 162 Å². The fraction of sp³-hybridized carbons (Fsp3) is 0.213. The highest BCUT2D eigenvalue weighted by molar-refractivity contribution is 7.92. The fourth-order valence-corrected chi connectivity index (χ4v) is 20.6. The Balaban J connectivity index is 0.000000143.